The molecule has 5 nitrogen and oxygen atoms in total. The van der Waals surface area contributed by atoms with Crippen LogP contribution >= 0.6 is 11.3 Å². The molecule has 1 aliphatic rings. The lowest BCUT2D eigenvalue weighted by atomic mass is 10.0. The van der Waals surface area contributed by atoms with Crippen LogP contribution in [-0.2, 0) is 27.7 Å². The van der Waals surface area contributed by atoms with Crippen molar-refractivity contribution in [2.45, 2.75) is 43.7 Å². The number of hydrogen-bond donors (Lipinski definition) is 1. The fourth-order valence-electron chi connectivity index (χ4n) is 2.99. The zero-order valence-electron chi connectivity index (χ0n) is 14.4. The van der Waals surface area contributed by atoms with Crippen LogP contribution in [0.25, 0.3) is 0 Å². The number of aryl methyl sites for hydroxylation is 2. The van der Waals surface area contributed by atoms with Crippen LogP contribution < -0.4 is 9.62 Å². The number of thiophene rings is 1. The van der Waals surface area contributed by atoms with Crippen molar-refractivity contribution < 1.29 is 13.2 Å². The summed E-state index contributed by atoms with van der Waals surface area (Å²) in [5.74, 6) is 0.0619. The summed E-state index contributed by atoms with van der Waals surface area (Å²) in [4.78, 5) is 15.0. The minimum absolute atomic E-state index is 0.0619. The minimum Gasteiger partial charge on any atom is -0.312 e. The first kappa shape index (κ1) is 17.9. The third-order valence-corrected chi connectivity index (χ3v) is 7.41. The number of fused-ring (bicyclic) bond motifs is 1. The number of anilines is 2. The summed E-state index contributed by atoms with van der Waals surface area (Å²) >= 11 is 1.28. The van der Waals surface area contributed by atoms with Crippen LogP contribution in [0.3, 0.4) is 0 Å². The van der Waals surface area contributed by atoms with Crippen molar-refractivity contribution in [3.63, 3.8) is 0 Å². The molecule has 0 unspecified atom stereocenters. The van der Waals surface area contributed by atoms with Crippen molar-refractivity contribution in [3.8, 4) is 0 Å². The third-order valence-electron chi connectivity index (χ3n) is 4.31. The SMILES string of the molecule is CCC(=O)N1CCCc2ccc(NS(=O)(=O)c3ccc(CC)s3)cc21. The number of benzene rings is 1. The predicted octanol–water partition coefficient (Wildman–Crippen LogP) is 3.80. The molecule has 0 radical (unpaired) electrons. The summed E-state index contributed by atoms with van der Waals surface area (Å²) < 4.78 is 28.1. The molecule has 0 bridgehead atoms. The Labute approximate surface area is 152 Å². The van der Waals surface area contributed by atoms with Gasteiger partial charge < -0.3 is 4.90 Å². The molecule has 0 aliphatic carbocycles. The zero-order valence-corrected chi connectivity index (χ0v) is 16.0. The van der Waals surface area contributed by atoms with Crippen molar-refractivity contribution in [2.24, 2.45) is 0 Å². The van der Waals surface area contributed by atoms with E-state index >= 15 is 0 Å². The molecule has 0 atom stereocenters. The molecular weight excluding hydrogens is 356 g/mol. The molecule has 0 saturated carbocycles. The van der Waals surface area contributed by atoms with E-state index in [-0.39, 0.29) is 5.91 Å². The number of carbonyl (C=O) groups is 1. The van der Waals surface area contributed by atoms with Crippen LogP contribution in [0, 0.1) is 0 Å². The molecule has 0 spiro atoms. The van der Waals surface area contributed by atoms with Gasteiger partial charge in [-0.3, -0.25) is 9.52 Å². The number of rotatable bonds is 5. The van der Waals surface area contributed by atoms with Crippen LogP contribution in [-0.4, -0.2) is 20.9 Å². The van der Waals surface area contributed by atoms with E-state index in [1.807, 2.05) is 26.0 Å². The van der Waals surface area contributed by atoms with Gasteiger partial charge >= 0.3 is 0 Å². The first-order valence-corrected chi connectivity index (χ1v) is 10.8. The summed E-state index contributed by atoms with van der Waals surface area (Å²) in [6.45, 7) is 4.52. The third kappa shape index (κ3) is 3.72. The maximum atomic E-state index is 12.6. The molecule has 2 aromatic rings. The van der Waals surface area contributed by atoms with Gasteiger partial charge in [0, 0.05) is 23.5 Å². The average molecular weight is 379 g/mol. The Kier molecular flexibility index (Phi) is 5.15. The fraction of sp³-hybridized carbons (Fsp3) is 0.389. The van der Waals surface area contributed by atoms with Crippen molar-refractivity contribution in [1.82, 2.24) is 0 Å². The van der Waals surface area contributed by atoms with Gasteiger partial charge in [-0.1, -0.05) is 19.9 Å². The second-order valence-corrected chi connectivity index (χ2v) is 9.10. The molecule has 1 aliphatic heterocycles. The number of nitrogens with one attached hydrogen (secondary N) is 1. The molecule has 3 rings (SSSR count). The first-order valence-electron chi connectivity index (χ1n) is 8.49. The fourth-order valence-corrected chi connectivity index (χ4v) is 5.33. The van der Waals surface area contributed by atoms with Crippen LogP contribution in [0.4, 0.5) is 11.4 Å². The van der Waals surface area contributed by atoms with Crippen molar-refractivity contribution >= 4 is 38.6 Å². The largest absolute Gasteiger partial charge is 0.312 e. The summed E-state index contributed by atoms with van der Waals surface area (Å²) in [6, 6.07) is 8.93. The van der Waals surface area contributed by atoms with E-state index in [0.717, 1.165) is 35.4 Å². The molecule has 134 valence electrons. The lowest BCUT2D eigenvalue weighted by molar-refractivity contribution is -0.118. The highest BCUT2D eigenvalue weighted by molar-refractivity contribution is 7.94. The van der Waals surface area contributed by atoms with Crippen LogP contribution in [0.1, 0.15) is 37.1 Å². The van der Waals surface area contributed by atoms with Gasteiger partial charge in [0.2, 0.25) is 5.91 Å². The topological polar surface area (TPSA) is 66.5 Å². The molecule has 1 aromatic heterocycles. The zero-order chi connectivity index (χ0) is 18.0. The lowest BCUT2D eigenvalue weighted by Gasteiger charge is -2.29. The Bertz CT molecular complexity index is 887. The highest BCUT2D eigenvalue weighted by Gasteiger charge is 2.23. The quantitative estimate of drug-likeness (QED) is 0.860. The second kappa shape index (κ2) is 7.17. The summed E-state index contributed by atoms with van der Waals surface area (Å²) in [5.41, 5.74) is 2.39. The summed E-state index contributed by atoms with van der Waals surface area (Å²) in [6.07, 6.45) is 3.08. The number of hydrogen-bond acceptors (Lipinski definition) is 4. The number of sulfonamides is 1. The van der Waals surface area contributed by atoms with E-state index < -0.39 is 10.0 Å². The van der Waals surface area contributed by atoms with Gasteiger partial charge in [-0.2, -0.15) is 0 Å². The van der Waals surface area contributed by atoms with Gasteiger partial charge in [0.05, 0.1) is 5.69 Å². The molecule has 25 heavy (non-hydrogen) atoms. The van der Waals surface area contributed by atoms with Crippen molar-refractivity contribution in [3.05, 3.63) is 40.8 Å². The van der Waals surface area contributed by atoms with E-state index in [2.05, 4.69) is 4.72 Å². The van der Waals surface area contributed by atoms with Gasteiger partial charge in [-0.05, 0) is 49.1 Å². The number of carbonyl (C=O) groups excluding carboxylic acids is 1. The lowest BCUT2D eigenvalue weighted by Crippen LogP contribution is -2.35. The second-order valence-electron chi connectivity index (χ2n) is 6.03. The van der Waals surface area contributed by atoms with Gasteiger partial charge in [0.1, 0.15) is 4.21 Å². The normalized spacial score (nSPS) is 14.2. The highest BCUT2D eigenvalue weighted by atomic mass is 32.2. The Hall–Kier alpha value is -1.86. The number of nitrogens with zero attached hydrogens (tertiary/aromatic N) is 1. The standard InChI is InChI=1S/C18H22N2O3S2/c1-3-15-9-10-18(24-15)25(22,23)19-14-8-7-13-6-5-11-20(16(13)12-14)17(21)4-2/h7-10,12,19H,3-6,11H2,1-2H3. The van der Waals surface area contributed by atoms with Crippen LogP contribution in [0.5, 0.6) is 0 Å². The van der Waals surface area contributed by atoms with Crippen molar-refractivity contribution in [1.29, 1.82) is 0 Å². The predicted molar refractivity (Wildman–Crippen MR) is 102 cm³/mol. The maximum absolute atomic E-state index is 12.6. The monoisotopic (exact) mass is 378 g/mol. The first-order chi connectivity index (χ1) is 11.9. The van der Waals surface area contributed by atoms with Gasteiger partial charge in [-0.25, -0.2) is 8.42 Å². The average Bonchev–Trinajstić information content (AvgIpc) is 3.10. The molecule has 2 heterocycles. The van der Waals surface area contributed by atoms with Crippen molar-refractivity contribution in [2.75, 3.05) is 16.2 Å². The van der Waals surface area contributed by atoms with E-state index in [1.54, 1.807) is 23.1 Å². The molecule has 0 saturated heterocycles. The number of amides is 1. The molecular formula is C18H22N2O3S2. The molecule has 1 N–H and O–H groups in total. The minimum atomic E-state index is -3.61. The smallest absolute Gasteiger partial charge is 0.271 e. The molecule has 1 aromatic carbocycles. The van der Waals surface area contributed by atoms with Crippen LogP contribution in [0.15, 0.2) is 34.5 Å². The Morgan fingerprint density at radius 3 is 2.72 bits per heavy atom. The molecule has 7 heteroatoms. The Balaban J connectivity index is 1.90. The molecule has 1 amide bonds. The van der Waals surface area contributed by atoms with E-state index in [9.17, 15) is 13.2 Å². The summed E-state index contributed by atoms with van der Waals surface area (Å²) in [7, 11) is -3.61. The van der Waals surface area contributed by atoms with Gasteiger partial charge in [0.15, 0.2) is 0 Å². The van der Waals surface area contributed by atoms with Gasteiger partial charge in [-0.15, -0.1) is 11.3 Å². The van der Waals surface area contributed by atoms with Gasteiger partial charge in [0.25, 0.3) is 10.0 Å². The van der Waals surface area contributed by atoms with E-state index in [1.165, 1.54) is 11.3 Å². The molecule has 0 fully saturated rings. The highest BCUT2D eigenvalue weighted by Crippen LogP contribution is 2.32. The van der Waals surface area contributed by atoms with Crippen LogP contribution in [0.2, 0.25) is 0 Å². The van der Waals surface area contributed by atoms with E-state index in [0.29, 0.717) is 22.9 Å². The summed E-state index contributed by atoms with van der Waals surface area (Å²) in [5, 5.41) is 0. The Morgan fingerprint density at radius 1 is 1.24 bits per heavy atom. The maximum Gasteiger partial charge on any atom is 0.271 e. The van der Waals surface area contributed by atoms with E-state index in [4.69, 9.17) is 0 Å². The Morgan fingerprint density at radius 2 is 2.04 bits per heavy atom.